The van der Waals surface area contributed by atoms with Crippen LogP contribution in [0.1, 0.15) is 68.1 Å². The zero-order valence-electron chi connectivity index (χ0n) is 35.0. The number of fused-ring (bicyclic) bond motifs is 2. The summed E-state index contributed by atoms with van der Waals surface area (Å²) in [5, 5.41) is 40.7. The normalized spacial score (nSPS) is 26.9. The van der Waals surface area contributed by atoms with E-state index >= 15 is 0 Å². The molecule has 3 aliphatic carbocycles. The van der Waals surface area contributed by atoms with Crippen molar-refractivity contribution in [2.75, 3.05) is 53.4 Å². The topological polar surface area (TPSA) is 147 Å². The molecule has 12 heteroatoms. The summed E-state index contributed by atoms with van der Waals surface area (Å²) in [7, 11) is 9.21. The van der Waals surface area contributed by atoms with E-state index < -0.39 is 36.3 Å². The van der Waals surface area contributed by atoms with Crippen LogP contribution in [-0.4, -0.2) is 116 Å². The van der Waals surface area contributed by atoms with E-state index in [1.165, 1.54) is 6.42 Å². The number of hydrogen-bond acceptors (Lipinski definition) is 10. The minimum Gasteiger partial charge on any atom is -0.496 e. The molecule has 5 N–H and O–H groups in total. The van der Waals surface area contributed by atoms with Gasteiger partial charge >= 0.3 is 0 Å². The summed E-state index contributed by atoms with van der Waals surface area (Å²) in [6, 6.07) is 19.2. The van der Waals surface area contributed by atoms with Gasteiger partial charge in [0.25, 0.3) is 5.91 Å². The molecule has 12 nitrogen and oxygen atoms in total. The molecule has 2 amide bonds. The highest BCUT2D eigenvalue weighted by Crippen LogP contribution is 2.61. The Balaban J connectivity index is 1.29. The summed E-state index contributed by atoms with van der Waals surface area (Å²) in [6.45, 7) is 8.72. The standard InChI is InChI=1S/C45H63N5O7/c1-26-35-21-32(45(35,3)4)22-36(26)46-44(55)40-39(27(2)52)38(25-51)57-50(40)23-29-16-13-17-34(42(29)56-9)30-18-31(20-33(19-30)49(7)8)43(54)47-37(24-48(5)6)41(53)28-14-11-10-12-15-28/h10-20,26-27,32,35-41,51-53H,21-25H2,1-9H3,(H,46,55)(H,47,54)/t26-,27-,32+,35+,36-,37-,38-,39+,40-,41-/m0/s1. The Bertz CT molecular complexity index is 1870. The molecule has 3 aromatic carbocycles. The fourth-order valence-electron chi connectivity index (χ4n) is 9.74. The van der Waals surface area contributed by atoms with Crippen LogP contribution in [0.15, 0.2) is 66.7 Å². The third kappa shape index (κ3) is 8.72. The monoisotopic (exact) mass is 785 g/mol. The van der Waals surface area contributed by atoms with Crippen molar-refractivity contribution < 1.29 is 34.5 Å². The van der Waals surface area contributed by atoms with E-state index in [-0.39, 0.29) is 36.4 Å². The van der Waals surface area contributed by atoms with Crippen molar-refractivity contribution in [2.24, 2.45) is 29.1 Å². The van der Waals surface area contributed by atoms with Crippen molar-refractivity contribution >= 4 is 17.5 Å². The maximum Gasteiger partial charge on any atom is 0.251 e. The average Bonchev–Trinajstić information content (AvgIpc) is 3.56. The first kappa shape index (κ1) is 42.6. The first-order chi connectivity index (χ1) is 27.0. The number of benzene rings is 3. The second-order valence-corrected chi connectivity index (χ2v) is 17.6. The lowest BCUT2D eigenvalue weighted by Crippen LogP contribution is -2.62. The largest absolute Gasteiger partial charge is 0.496 e. The highest BCUT2D eigenvalue weighted by molar-refractivity contribution is 5.97. The van der Waals surface area contributed by atoms with Crippen LogP contribution in [0.5, 0.6) is 5.75 Å². The Kier molecular flexibility index (Phi) is 13.0. The van der Waals surface area contributed by atoms with Gasteiger partial charge in [0, 0.05) is 55.0 Å². The lowest BCUT2D eigenvalue weighted by molar-refractivity contribution is -0.183. The number of nitrogens with zero attached hydrogens (tertiary/aromatic N) is 3. The first-order valence-corrected chi connectivity index (χ1v) is 20.3. The van der Waals surface area contributed by atoms with Gasteiger partial charge in [-0.05, 0) is 86.4 Å². The Morgan fingerprint density at radius 1 is 1.02 bits per heavy atom. The summed E-state index contributed by atoms with van der Waals surface area (Å²) in [5.74, 6) is 0.742. The minimum absolute atomic E-state index is 0.0203. The van der Waals surface area contributed by atoms with Crippen LogP contribution in [-0.2, 0) is 16.2 Å². The maximum atomic E-state index is 14.3. The van der Waals surface area contributed by atoms with Crippen LogP contribution in [0.25, 0.3) is 11.1 Å². The molecule has 4 fully saturated rings. The molecule has 0 unspecified atom stereocenters. The number of carbonyl (C=O) groups excluding carboxylic acids is 2. The molecule has 2 bridgehead atoms. The van der Waals surface area contributed by atoms with Crippen LogP contribution in [0, 0.1) is 29.1 Å². The number of carbonyl (C=O) groups is 2. The van der Waals surface area contributed by atoms with Crippen LogP contribution in [0.3, 0.4) is 0 Å². The molecule has 0 spiro atoms. The fraction of sp³-hybridized carbons (Fsp3) is 0.556. The van der Waals surface area contributed by atoms with Crippen molar-refractivity contribution in [1.29, 1.82) is 0 Å². The fourth-order valence-corrected chi connectivity index (χ4v) is 9.74. The van der Waals surface area contributed by atoms with E-state index in [1.54, 1.807) is 19.1 Å². The Morgan fingerprint density at radius 3 is 2.33 bits per heavy atom. The number of nitrogens with one attached hydrogen (secondary N) is 2. The number of hydroxylamine groups is 2. The third-order valence-electron chi connectivity index (χ3n) is 13.1. The molecule has 57 heavy (non-hydrogen) atoms. The molecule has 4 aliphatic rings. The lowest BCUT2D eigenvalue weighted by Gasteiger charge is -2.62. The van der Waals surface area contributed by atoms with Crippen molar-refractivity contribution in [1.82, 2.24) is 20.6 Å². The molecule has 0 radical (unpaired) electrons. The Morgan fingerprint density at radius 2 is 1.74 bits per heavy atom. The third-order valence-corrected chi connectivity index (χ3v) is 13.1. The predicted molar refractivity (Wildman–Crippen MR) is 222 cm³/mol. The number of likely N-dealkylation sites (N-methyl/N-ethyl adjacent to an activating group) is 1. The van der Waals surface area contributed by atoms with Crippen molar-refractivity contribution in [3.8, 4) is 16.9 Å². The molecule has 1 heterocycles. The van der Waals surface area contributed by atoms with Gasteiger partial charge in [0.05, 0.1) is 32.4 Å². The molecule has 310 valence electrons. The number of ether oxygens (including phenoxy) is 1. The zero-order chi connectivity index (χ0) is 41.3. The van der Waals surface area contributed by atoms with Gasteiger partial charge < -0.3 is 40.5 Å². The smallest absolute Gasteiger partial charge is 0.251 e. The highest BCUT2D eigenvalue weighted by Gasteiger charge is 2.57. The molecule has 0 aromatic heterocycles. The molecule has 3 saturated carbocycles. The van der Waals surface area contributed by atoms with E-state index in [4.69, 9.17) is 9.57 Å². The molecule has 10 atom stereocenters. The van der Waals surface area contributed by atoms with E-state index in [0.717, 1.165) is 28.8 Å². The van der Waals surface area contributed by atoms with E-state index in [9.17, 15) is 24.9 Å². The van der Waals surface area contributed by atoms with Gasteiger partial charge in [-0.1, -0.05) is 69.3 Å². The van der Waals surface area contributed by atoms with Crippen LogP contribution in [0.2, 0.25) is 0 Å². The molecule has 3 aromatic rings. The number of anilines is 1. The number of rotatable bonds is 15. The van der Waals surface area contributed by atoms with Crippen molar-refractivity contribution in [2.45, 2.75) is 83.5 Å². The van der Waals surface area contributed by atoms with Crippen LogP contribution >= 0.6 is 0 Å². The number of aliphatic hydroxyl groups excluding tert-OH is 3. The van der Waals surface area contributed by atoms with Gasteiger partial charge in [0.1, 0.15) is 24.0 Å². The number of para-hydroxylation sites is 1. The SMILES string of the molecule is COc1c(CN2O[C@@H](CO)[C@@H]([C@H](C)O)[C@H]2C(=O)N[C@H]2C[C@H]3C[C@H]([C@@H]2C)C3(C)C)cccc1-c1cc(C(=O)N[C@@H](CN(C)C)[C@@H](O)c2ccccc2)cc(N(C)C)c1. The van der Waals surface area contributed by atoms with Crippen LogP contribution in [0.4, 0.5) is 5.69 Å². The van der Waals surface area contributed by atoms with Gasteiger partial charge in [0.15, 0.2) is 0 Å². The summed E-state index contributed by atoms with van der Waals surface area (Å²) >= 11 is 0. The number of hydrogen-bond donors (Lipinski definition) is 5. The summed E-state index contributed by atoms with van der Waals surface area (Å²) in [6.07, 6.45) is -0.515. The second kappa shape index (κ2) is 17.4. The summed E-state index contributed by atoms with van der Waals surface area (Å²) in [4.78, 5) is 38.5. The van der Waals surface area contributed by atoms with Crippen LogP contribution < -0.4 is 20.3 Å². The minimum atomic E-state index is -0.924. The summed E-state index contributed by atoms with van der Waals surface area (Å²) < 4.78 is 6.09. The van der Waals surface area contributed by atoms with Crippen molar-refractivity contribution in [3.63, 3.8) is 0 Å². The van der Waals surface area contributed by atoms with E-state index in [2.05, 4.69) is 31.4 Å². The van der Waals surface area contributed by atoms with Crippen molar-refractivity contribution in [3.05, 3.63) is 83.4 Å². The number of amides is 2. The lowest BCUT2D eigenvalue weighted by atomic mass is 9.45. The Hall–Kier alpha value is -4.04. The number of methoxy groups -OCH3 is 1. The van der Waals surface area contributed by atoms with Gasteiger partial charge in [-0.15, -0.1) is 0 Å². The molecular weight excluding hydrogens is 723 g/mol. The van der Waals surface area contributed by atoms with Gasteiger partial charge in [-0.2, -0.15) is 5.06 Å². The predicted octanol–water partition coefficient (Wildman–Crippen LogP) is 4.48. The van der Waals surface area contributed by atoms with Gasteiger partial charge in [0.2, 0.25) is 5.91 Å². The number of aliphatic hydroxyl groups is 3. The molecule has 7 rings (SSSR count). The first-order valence-electron chi connectivity index (χ1n) is 20.3. The molecular formula is C45H63N5O7. The zero-order valence-corrected chi connectivity index (χ0v) is 35.0. The van der Waals surface area contributed by atoms with E-state index in [1.807, 2.05) is 105 Å². The summed E-state index contributed by atoms with van der Waals surface area (Å²) in [5.41, 5.74) is 4.37. The Labute approximate surface area is 338 Å². The average molecular weight is 786 g/mol. The van der Waals surface area contributed by atoms with Gasteiger partial charge in [-0.25, -0.2) is 0 Å². The van der Waals surface area contributed by atoms with Gasteiger partial charge in [-0.3, -0.25) is 14.4 Å². The maximum absolute atomic E-state index is 14.3. The highest BCUT2D eigenvalue weighted by atomic mass is 16.7. The second-order valence-electron chi connectivity index (χ2n) is 17.6. The molecule has 1 saturated heterocycles. The molecule has 1 aliphatic heterocycles. The van der Waals surface area contributed by atoms with E-state index in [0.29, 0.717) is 41.2 Å². The quantitative estimate of drug-likeness (QED) is 0.150.